The molecule has 142 valence electrons. The lowest BCUT2D eigenvalue weighted by Gasteiger charge is -2.02. The molecular weight excluding hydrogens is 304 g/mol. The van der Waals surface area contributed by atoms with Crippen LogP contribution in [-0.2, 0) is 0 Å². The van der Waals surface area contributed by atoms with Gasteiger partial charge in [-0.05, 0) is 49.9 Å². The van der Waals surface area contributed by atoms with Crippen LogP contribution in [0.25, 0.3) is 0 Å². The molecule has 25 heavy (non-hydrogen) atoms. The summed E-state index contributed by atoms with van der Waals surface area (Å²) in [5.74, 6) is 11.8. The van der Waals surface area contributed by atoms with Crippen molar-refractivity contribution in [3.05, 3.63) is 12.2 Å². The van der Waals surface area contributed by atoms with E-state index in [4.69, 9.17) is 5.11 Å². The van der Waals surface area contributed by atoms with Gasteiger partial charge in [-0.15, -0.1) is 0 Å². The molecular formula is C24H40O. The van der Waals surface area contributed by atoms with E-state index < -0.39 is 0 Å². The molecule has 0 aliphatic heterocycles. The van der Waals surface area contributed by atoms with Gasteiger partial charge in [0, 0.05) is 6.42 Å². The number of allylic oxidation sites excluding steroid dienone is 2. The normalized spacial score (nSPS) is 10.6. The molecule has 0 aromatic heterocycles. The molecule has 1 nitrogen and oxygen atoms in total. The monoisotopic (exact) mass is 344 g/mol. The van der Waals surface area contributed by atoms with Crippen LogP contribution in [0.1, 0.15) is 104 Å². The van der Waals surface area contributed by atoms with Crippen LogP contribution < -0.4 is 0 Å². The molecule has 0 saturated heterocycles. The molecule has 0 fully saturated rings. The summed E-state index contributed by atoms with van der Waals surface area (Å²) in [6.07, 6.45) is 23.0. The zero-order valence-electron chi connectivity index (χ0n) is 16.8. The fourth-order valence-electron chi connectivity index (χ4n) is 2.78. The van der Waals surface area contributed by atoms with E-state index in [2.05, 4.69) is 49.7 Å². The number of rotatable bonds is 15. The maximum absolute atomic E-state index is 8.48. The van der Waals surface area contributed by atoms with Crippen molar-refractivity contribution < 1.29 is 5.11 Å². The van der Waals surface area contributed by atoms with Gasteiger partial charge in [-0.1, -0.05) is 89.2 Å². The lowest BCUT2D eigenvalue weighted by Crippen LogP contribution is -1.85. The molecule has 0 heterocycles. The Hall–Kier alpha value is -1.18. The van der Waals surface area contributed by atoms with Crippen molar-refractivity contribution in [1.82, 2.24) is 0 Å². The molecule has 0 atom stereocenters. The molecule has 0 rings (SSSR count). The Balaban J connectivity index is 3.17. The third kappa shape index (κ3) is 22.8. The second-order valence-electron chi connectivity index (χ2n) is 7.28. The smallest absolute Gasteiger partial charge is 0.105 e. The first kappa shape index (κ1) is 23.8. The van der Waals surface area contributed by atoms with Crippen molar-refractivity contribution in [2.45, 2.75) is 104 Å². The maximum Gasteiger partial charge on any atom is 0.105 e. The minimum atomic E-state index is -0.0938. The van der Waals surface area contributed by atoms with Gasteiger partial charge in [-0.3, -0.25) is 0 Å². The number of hydrogen-bond acceptors (Lipinski definition) is 1. The van der Waals surface area contributed by atoms with E-state index in [9.17, 15) is 0 Å². The zero-order valence-corrected chi connectivity index (χ0v) is 16.8. The standard InChI is InChI=1S/C24H40O/c1-24(2)22-20-18-16-14-12-10-8-6-4-3-5-7-9-11-13-15-17-19-21-23-25/h12,14,24-25H,3-11,13,16,18,20,22-23H2,1-2H3. The first-order valence-corrected chi connectivity index (χ1v) is 10.5. The molecule has 0 aliphatic carbocycles. The summed E-state index contributed by atoms with van der Waals surface area (Å²) < 4.78 is 0. The van der Waals surface area contributed by atoms with Gasteiger partial charge < -0.3 is 5.11 Å². The van der Waals surface area contributed by atoms with Gasteiger partial charge in [0.25, 0.3) is 0 Å². The molecule has 0 bridgehead atoms. The largest absolute Gasteiger partial charge is 0.384 e. The van der Waals surface area contributed by atoms with Crippen LogP contribution >= 0.6 is 0 Å². The summed E-state index contributed by atoms with van der Waals surface area (Å²) in [4.78, 5) is 0. The highest BCUT2D eigenvalue weighted by atomic mass is 16.2. The molecule has 1 N–H and O–H groups in total. The minimum Gasteiger partial charge on any atom is -0.384 e. The Morgan fingerprint density at radius 2 is 1.20 bits per heavy atom. The van der Waals surface area contributed by atoms with Crippen LogP contribution in [-0.4, -0.2) is 11.7 Å². The third-order valence-corrected chi connectivity index (χ3v) is 4.31. The summed E-state index contributed by atoms with van der Waals surface area (Å²) in [6, 6.07) is 0. The van der Waals surface area contributed by atoms with Crippen LogP contribution in [0.5, 0.6) is 0 Å². The Bertz CT molecular complexity index is 411. The van der Waals surface area contributed by atoms with Crippen LogP contribution in [0.4, 0.5) is 0 Å². The Labute approximate surface area is 157 Å². The van der Waals surface area contributed by atoms with Gasteiger partial charge in [-0.25, -0.2) is 0 Å². The Morgan fingerprint density at radius 1 is 0.680 bits per heavy atom. The minimum absolute atomic E-state index is 0.0938. The Kier molecular flexibility index (Phi) is 19.9. The highest BCUT2D eigenvalue weighted by Crippen LogP contribution is 2.11. The van der Waals surface area contributed by atoms with Gasteiger partial charge >= 0.3 is 0 Å². The van der Waals surface area contributed by atoms with Gasteiger partial charge in [-0.2, -0.15) is 0 Å². The van der Waals surface area contributed by atoms with E-state index in [0.717, 1.165) is 12.3 Å². The summed E-state index contributed by atoms with van der Waals surface area (Å²) in [7, 11) is 0. The predicted octanol–water partition coefficient (Wildman–Crippen LogP) is 6.66. The van der Waals surface area contributed by atoms with Crippen LogP contribution in [0.3, 0.4) is 0 Å². The first-order valence-electron chi connectivity index (χ1n) is 10.5. The quantitative estimate of drug-likeness (QED) is 0.200. The van der Waals surface area contributed by atoms with Crippen molar-refractivity contribution in [3.63, 3.8) is 0 Å². The van der Waals surface area contributed by atoms with E-state index in [1.54, 1.807) is 0 Å². The van der Waals surface area contributed by atoms with Gasteiger partial charge in [0.1, 0.15) is 6.61 Å². The van der Waals surface area contributed by atoms with Crippen molar-refractivity contribution in [1.29, 1.82) is 0 Å². The van der Waals surface area contributed by atoms with Crippen molar-refractivity contribution in [2.75, 3.05) is 6.61 Å². The molecule has 1 heteroatoms. The van der Waals surface area contributed by atoms with Gasteiger partial charge in [0.2, 0.25) is 0 Å². The predicted molar refractivity (Wildman–Crippen MR) is 111 cm³/mol. The van der Waals surface area contributed by atoms with E-state index in [1.807, 2.05) is 0 Å². The zero-order chi connectivity index (χ0) is 18.4. The fraction of sp³-hybridized carbons (Fsp3) is 0.750. The van der Waals surface area contributed by atoms with E-state index in [-0.39, 0.29) is 6.61 Å². The second-order valence-corrected chi connectivity index (χ2v) is 7.28. The van der Waals surface area contributed by atoms with E-state index >= 15 is 0 Å². The van der Waals surface area contributed by atoms with Gasteiger partial charge in [0.15, 0.2) is 0 Å². The van der Waals surface area contributed by atoms with Crippen LogP contribution in [0.2, 0.25) is 0 Å². The highest BCUT2D eigenvalue weighted by Gasteiger charge is 1.93. The van der Waals surface area contributed by atoms with E-state index in [0.29, 0.717) is 0 Å². The summed E-state index contributed by atoms with van der Waals surface area (Å²) in [5, 5.41) is 8.48. The molecule has 0 unspecified atom stereocenters. The third-order valence-electron chi connectivity index (χ3n) is 4.31. The highest BCUT2D eigenvalue weighted by molar-refractivity contribution is 5.25. The van der Waals surface area contributed by atoms with Crippen molar-refractivity contribution >= 4 is 0 Å². The first-order chi connectivity index (χ1) is 12.3. The lowest BCUT2D eigenvalue weighted by molar-refractivity contribution is 0.350. The number of aliphatic hydroxyl groups excluding tert-OH is 1. The summed E-state index contributed by atoms with van der Waals surface area (Å²) >= 11 is 0. The molecule has 0 aromatic carbocycles. The molecule has 0 aliphatic rings. The SMILES string of the molecule is CC(C)CCCCC=CCCCCCCCCCCC#CC#CCO. The fourth-order valence-corrected chi connectivity index (χ4v) is 2.78. The maximum atomic E-state index is 8.48. The summed E-state index contributed by atoms with van der Waals surface area (Å²) in [6.45, 7) is 4.52. The van der Waals surface area contributed by atoms with Crippen molar-refractivity contribution in [2.24, 2.45) is 5.92 Å². The topological polar surface area (TPSA) is 20.2 Å². The average Bonchev–Trinajstić information content (AvgIpc) is 2.60. The molecule has 0 amide bonds. The van der Waals surface area contributed by atoms with Gasteiger partial charge in [0.05, 0.1) is 0 Å². The van der Waals surface area contributed by atoms with Crippen LogP contribution in [0.15, 0.2) is 12.2 Å². The second kappa shape index (κ2) is 20.9. The molecule has 0 aromatic rings. The van der Waals surface area contributed by atoms with E-state index in [1.165, 1.54) is 83.5 Å². The van der Waals surface area contributed by atoms with Crippen LogP contribution in [0, 0.1) is 29.6 Å². The molecule has 0 saturated carbocycles. The average molecular weight is 345 g/mol. The Morgan fingerprint density at radius 3 is 1.80 bits per heavy atom. The molecule has 0 radical (unpaired) electrons. The lowest BCUT2D eigenvalue weighted by atomic mass is 10.0. The number of aliphatic hydroxyl groups is 1. The van der Waals surface area contributed by atoms with Crippen molar-refractivity contribution in [3.8, 4) is 23.7 Å². The molecule has 0 spiro atoms. The summed E-state index contributed by atoms with van der Waals surface area (Å²) in [5.41, 5.74) is 0. The number of hydrogen-bond donors (Lipinski definition) is 1. The number of unbranched alkanes of at least 4 members (excludes halogenated alkanes) is 11.